The van der Waals surface area contributed by atoms with E-state index in [4.69, 9.17) is 9.84 Å². The minimum absolute atomic E-state index is 0.106. The highest BCUT2D eigenvalue weighted by molar-refractivity contribution is 5.88. The molecule has 2 atom stereocenters. The van der Waals surface area contributed by atoms with Gasteiger partial charge in [-0.05, 0) is 42.7 Å². The number of hydrogen-bond donors (Lipinski definition) is 5. The molecule has 0 bridgehead atoms. The molecule has 1 aromatic heterocycles. The van der Waals surface area contributed by atoms with Crippen molar-refractivity contribution in [3.63, 3.8) is 0 Å². The van der Waals surface area contributed by atoms with Crippen LogP contribution in [0.25, 0.3) is 10.9 Å². The van der Waals surface area contributed by atoms with E-state index >= 15 is 0 Å². The number of phenols is 1. The van der Waals surface area contributed by atoms with Gasteiger partial charge in [-0.25, -0.2) is 4.79 Å². The van der Waals surface area contributed by atoms with Gasteiger partial charge in [-0.15, -0.1) is 0 Å². The Balaban J connectivity index is 1.61. The van der Waals surface area contributed by atoms with E-state index in [1.54, 1.807) is 30.3 Å². The van der Waals surface area contributed by atoms with Crippen LogP contribution in [0.5, 0.6) is 11.5 Å². The van der Waals surface area contributed by atoms with Crippen molar-refractivity contribution in [1.82, 2.24) is 10.3 Å². The highest BCUT2D eigenvalue weighted by atomic mass is 16.5. The summed E-state index contributed by atoms with van der Waals surface area (Å²) in [5.74, 6) is -0.341. The molecule has 0 saturated carbocycles. The van der Waals surface area contributed by atoms with Crippen LogP contribution >= 0.6 is 0 Å². The van der Waals surface area contributed by atoms with Crippen molar-refractivity contribution < 1.29 is 24.9 Å². The van der Waals surface area contributed by atoms with Crippen LogP contribution in [-0.4, -0.2) is 45.5 Å². The first-order valence-corrected chi connectivity index (χ1v) is 9.08. The lowest BCUT2D eigenvalue weighted by atomic mass is 10.0. The summed E-state index contributed by atoms with van der Waals surface area (Å²) in [5, 5.41) is 32.7. The summed E-state index contributed by atoms with van der Waals surface area (Å²) < 4.78 is 5.34. The average Bonchev–Trinajstić information content (AvgIpc) is 3.08. The number of nitrogens with one attached hydrogen (secondary N) is 2. The average molecular weight is 384 g/mol. The Bertz CT molecular complexity index is 936. The second kappa shape index (κ2) is 8.77. The Hall–Kier alpha value is -3.03. The predicted octanol–water partition coefficient (Wildman–Crippen LogP) is 2.59. The molecule has 0 aliphatic rings. The Kier molecular flexibility index (Phi) is 6.18. The minimum atomic E-state index is -1.02. The number of aliphatic carboxylic acids is 1. The number of benzene rings is 2. The lowest BCUT2D eigenvalue weighted by molar-refractivity contribution is -0.139. The van der Waals surface area contributed by atoms with E-state index in [9.17, 15) is 15.0 Å². The highest BCUT2D eigenvalue weighted by Crippen LogP contribution is 2.28. The number of aliphatic hydroxyl groups is 1. The third-order valence-corrected chi connectivity index (χ3v) is 4.58. The van der Waals surface area contributed by atoms with Gasteiger partial charge in [-0.3, -0.25) is 0 Å². The Morgan fingerprint density at radius 2 is 1.96 bits per heavy atom. The van der Waals surface area contributed by atoms with Crippen LogP contribution in [0.3, 0.4) is 0 Å². The molecule has 0 unspecified atom stereocenters. The highest BCUT2D eigenvalue weighted by Gasteiger charge is 2.14. The summed E-state index contributed by atoms with van der Waals surface area (Å²) in [4.78, 5) is 13.9. The number of carboxylic acid groups (broad SMARTS) is 1. The number of ether oxygens (including phenoxy) is 1. The maximum absolute atomic E-state index is 10.7. The number of aromatic amines is 1. The maximum Gasteiger partial charge on any atom is 0.341 e. The number of aromatic nitrogens is 1. The molecule has 0 aliphatic carbocycles. The van der Waals surface area contributed by atoms with Crippen molar-refractivity contribution in [2.24, 2.45) is 0 Å². The number of aliphatic hydroxyl groups excluding tert-OH is 1. The molecule has 5 N–H and O–H groups in total. The van der Waals surface area contributed by atoms with Crippen LogP contribution < -0.4 is 10.1 Å². The number of fused-ring (bicyclic) bond motifs is 1. The number of carbonyl (C=O) groups is 1. The first kappa shape index (κ1) is 19.7. The molecular formula is C21H24N2O5. The minimum Gasteiger partial charge on any atom is -0.508 e. The lowest BCUT2D eigenvalue weighted by Crippen LogP contribution is -2.32. The Morgan fingerprint density at radius 1 is 1.21 bits per heavy atom. The van der Waals surface area contributed by atoms with Crippen LogP contribution in [0.4, 0.5) is 0 Å². The van der Waals surface area contributed by atoms with Gasteiger partial charge in [0.25, 0.3) is 0 Å². The lowest BCUT2D eigenvalue weighted by Gasteiger charge is -2.17. The maximum atomic E-state index is 10.7. The standard InChI is InChI=1S/C21H24N2O5/c1-13(22-11-18(25)14-5-7-16(24)8-6-14)9-15-10-23-21-17(15)3-2-4-19(21)28-12-20(26)27/h2-8,10,13,18,22-25H,9,11-12H2,1H3,(H,26,27)/t13-,18-/m1/s1. The van der Waals surface area contributed by atoms with Crippen LogP contribution in [0.1, 0.15) is 24.2 Å². The molecule has 0 fully saturated rings. The zero-order valence-corrected chi connectivity index (χ0v) is 15.6. The number of aromatic hydroxyl groups is 1. The second-order valence-electron chi connectivity index (χ2n) is 6.80. The summed E-state index contributed by atoms with van der Waals surface area (Å²) in [6.07, 6.45) is 1.96. The van der Waals surface area contributed by atoms with Crippen LogP contribution in [0, 0.1) is 0 Å². The van der Waals surface area contributed by atoms with E-state index in [0.717, 1.165) is 28.5 Å². The van der Waals surface area contributed by atoms with E-state index < -0.39 is 12.1 Å². The first-order chi connectivity index (χ1) is 13.4. The monoisotopic (exact) mass is 384 g/mol. The van der Waals surface area contributed by atoms with Crippen molar-refractivity contribution >= 4 is 16.9 Å². The smallest absolute Gasteiger partial charge is 0.341 e. The Labute approximate surface area is 162 Å². The van der Waals surface area contributed by atoms with Gasteiger partial charge in [-0.2, -0.15) is 0 Å². The van der Waals surface area contributed by atoms with Crippen molar-refractivity contribution in [1.29, 1.82) is 0 Å². The van der Waals surface area contributed by atoms with Gasteiger partial charge in [0.05, 0.1) is 11.6 Å². The Morgan fingerprint density at radius 3 is 2.68 bits per heavy atom. The molecule has 3 rings (SSSR count). The third-order valence-electron chi connectivity index (χ3n) is 4.58. The van der Waals surface area contributed by atoms with Crippen molar-refractivity contribution in [3.05, 3.63) is 59.8 Å². The number of carboxylic acids is 1. The number of para-hydroxylation sites is 1. The molecule has 3 aromatic rings. The van der Waals surface area contributed by atoms with Gasteiger partial charge in [0.15, 0.2) is 6.61 Å². The number of hydrogen-bond acceptors (Lipinski definition) is 5. The molecule has 1 heterocycles. The zero-order valence-electron chi connectivity index (χ0n) is 15.6. The molecule has 7 nitrogen and oxygen atoms in total. The van der Waals surface area contributed by atoms with E-state index in [2.05, 4.69) is 10.3 Å². The van der Waals surface area contributed by atoms with Gasteiger partial charge < -0.3 is 30.4 Å². The molecule has 0 aliphatic heterocycles. The fourth-order valence-corrected chi connectivity index (χ4v) is 3.14. The van der Waals surface area contributed by atoms with Gasteiger partial charge in [-0.1, -0.05) is 24.3 Å². The summed E-state index contributed by atoms with van der Waals surface area (Å²) in [7, 11) is 0. The largest absolute Gasteiger partial charge is 0.508 e. The normalized spacial score (nSPS) is 13.4. The SMILES string of the molecule is C[C@H](Cc1c[nH]c2c(OCC(=O)O)cccc12)NC[C@@H](O)c1ccc(O)cc1. The number of phenolic OH excluding ortho intramolecular Hbond substituents is 1. The van der Waals surface area contributed by atoms with Gasteiger partial charge in [0.1, 0.15) is 11.5 Å². The van der Waals surface area contributed by atoms with E-state index in [1.807, 2.05) is 25.3 Å². The van der Waals surface area contributed by atoms with Crippen LogP contribution in [0.15, 0.2) is 48.7 Å². The van der Waals surface area contributed by atoms with Crippen molar-refractivity contribution in [3.8, 4) is 11.5 Å². The second-order valence-corrected chi connectivity index (χ2v) is 6.80. The summed E-state index contributed by atoms with van der Waals surface area (Å²) in [6.45, 7) is 2.04. The first-order valence-electron chi connectivity index (χ1n) is 9.08. The quantitative estimate of drug-likeness (QED) is 0.387. The topological polar surface area (TPSA) is 115 Å². The molecule has 2 aromatic carbocycles. The zero-order chi connectivity index (χ0) is 20.1. The predicted molar refractivity (Wildman–Crippen MR) is 106 cm³/mol. The summed E-state index contributed by atoms with van der Waals surface area (Å²) in [6, 6.07) is 12.2. The fraction of sp³-hybridized carbons (Fsp3) is 0.286. The van der Waals surface area contributed by atoms with Gasteiger partial charge >= 0.3 is 5.97 Å². The molecule has 28 heavy (non-hydrogen) atoms. The van der Waals surface area contributed by atoms with Crippen LogP contribution in [-0.2, 0) is 11.2 Å². The molecule has 0 amide bonds. The fourth-order valence-electron chi connectivity index (χ4n) is 3.14. The molecule has 0 spiro atoms. The molecule has 7 heteroatoms. The van der Waals surface area contributed by atoms with Gasteiger partial charge in [0.2, 0.25) is 0 Å². The summed E-state index contributed by atoms with van der Waals surface area (Å²) in [5.41, 5.74) is 2.59. The molecule has 0 radical (unpaired) electrons. The number of H-pyrrole nitrogens is 1. The number of rotatable bonds is 9. The molecular weight excluding hydrogens is 360 g/mol. The summed E-state index contributed by atoms with van der Waals surface area (Å²) >= 11 is 0. The van der Waals surface area contributed by atoms with E-state index in [0.29, 0.717) is 12.3 Å². The van der Waals surface area contributed by atoms with Crippen molar-refractivity contribution in [2.75, 3.05) is 13.2 Å². The van der Waals surface area contributed by atoms with Gasteiger partial charge in [0, 0.05) is 24.2 Å². The van der Waals surface area contributed by atoms with E-state index in [-0.39, 0.29) is 18.4 Å². The molecule has 0 saturated heterocycles. The van der Waals surface area contributed by atoms with Crippen molar-refractivity contribution in [2.45, 2.75) is 25.5 Å². The third kappa shape index (κ3) is 4.82. The van der Waals surface area contributed by atoms with E-state index in [1.165, 1.54) is 0 Å². The molecule has 148 valence electrons. The van der Waals surface area contributed by atoms with Crippen LogP contribution in [0.2, 0.25) is 0 Å².